The molecule has 3 rings (SSSR count). The zero-order chi connectivity index (χ0) is 12.9. The number of benzene rings is 1. The molecule has 1 fully saturated rings. The first-order valence-electron chi connectivity index (χ1n) is 6.22. The van der Waals surface area contributed by atoms with Crippen LogP contribution in [0.5, 0.6) is 0 Å². The molecule has 0 spiro atoms. The van der Waals surface area contributed by atoms with Crippen molar-refractivity contribution in [1.82, 2.24) is 0 Å². The molecule has 0 unspecified atom stereocenters. The molecule has 0 N–H and O–H groups in total. The Hall–Kier alpha value is -0.740. The summed E-state index contributed by atoms with van der Waals surface area (Å²) < 4.78 is 25.7. The largest absolute Gasteiger partial charge is 0.266 e. The topological polar surface area (TPSA) is 37.4 Å². The van der Waals surface area contributed by atoms with Crippen molar-refractivity contribution in [2.45, 2.75) is 36.6 Å². The highest BCUT2D eigenvalue weighted by Crippen LogP contribution is 2.50. The molecule has 0 aromatic heterocycles. The van der Waals surface area contributed by atoms with E-state index in [4.69, 9.17) is 11.6 Å². The number of rotatable bonds is 1. The SMILES string of the molecule is CS(=O)(=O)N1c2ccccc2[C@@H]2[C@@H](Cl)CCC[C@@H]21. The fraction of sp³-hybridized carbons (Fsp3) is 0.538. The predicted molar refractivity (Wildman–Crippen MR) is 73.8 cm³/mol. The standard InChI is InChI=1S/C13H16ClNO2S/c1-18(16,17)15-11-7-3-2-5-9(11)13-10(14)6-4-8-12(13)15/h2-3,5,7,10,12-13H,4,6,8H2,1H3/t10-,12-,13+/m0/s1. The minimum Gasteiger partial charge on any atom is -0.266 e. The highest BCUT2D eigenvalue weighted by molar-refractivity contribution is 7.92. The van der Waals surface area contributed by atoms with Crippen LogP contribution in [-0.2, 0) is 10.0 Å². The van der Waals surface area contributed by atoms with Gasteiger partial charge in [-0.05, 0) is 30.9 Å². The Morgan fingerprint density at radius 2 is 2.00 bits per heavy atom. The normalized spacial score (nSPS) is 31.0. The fourth-order valence-electron chi connectivity index (χ4n) is 3.36. The lowest BCUT2D eigenvalue weighted by molar-refractivity contribution is 0.411. The van der Waals surface area contributed by atoms with Crippen molar-refractivity contribution in [3.05, 3.63) is 29.8 Å². The van der Waals surface area contributed by atoms with Gasteiger partial charge in [0.05, 0.1) is 18.0 Å². The van der Waals surface area contributed by atoms with Gasteiger partial charge in [-0.15, -0.1) is 11.6 Å². The number of alkyl halides is 1. The molecule has 1 aliphatic carbocycles. The van der Waals surface area contributed by atoms with E-state index in [2.05, 4.69) is 0 Å². The molecule has 98 valence electrons. The van der Waals surface area contributed by atoms with Crippen LogP contribution in [0.15, 0.2) is 24.3 Å². The predicted octanol–water partition coefficient (Wildman–Crippen LogP) is 2.71. The Kier molecular flexibility index (Phi) is 2.83. The van der Waals surface area contributed by atoms with Crippen LogP contribution in [0.25, 0.3) is 0 Å². The first kappa shape index (κ1) is 12.3. The van der Waals surface area contributed by atoms with Crippen molar-refractivity contribution in [1.29, 1.82) is 0 Å². The summed E-state index contributed by atoms with van der Waals surface area (Å²) in [5.41, 5.74) is 1.91. The fourth-order valence-corrected chi connectivity index (χ4v) is 5.07. The van der Waals surface area contributed by atoms with Gasteiger partial charge in [0, 0.05) is 11.3 Å². The summed E-state index contributed by atoms with van der Waals surface area (Å²) in [4.78, 5) is 0. The van der Waals surface area contributed by atoms with Gasteiger partial charge in [0.2, 0.25) is 10.0 Å². The summed E-state index contributed by atoms with van der Waals surface area (Å²) in [5, 5.41) is 0.0386. The third-order valence-corrected chi connectivity index (χ3v) is 5.65. The van der Waals surface area contributed by atoms with Crippen molar-refractivity contribution in [3.8, 4) is 0 Å². The smallest absolute Gasteiger partial charge is 0.232 e. The van der Waals surface area contributed by atoms with Crippen molar-refractivity contribution in [2.75, 3.05) is 10.6 Å². The van der Waals surface area contributed by atoms with E-state index >= 15 is 0 Å². The summed E-state index contributed by atoms with van der Waals surface area (Å²) in [5.74, 6) is 0.145. The third kappa shape index (κ3) is 1.74. The molecule has 1 heterocycles. The lowest BCUT2D eigenvalue weighted by Gasteiger charge is -2.34. The molecule has 0 radical (unpaired) electrons. The second-order valence-electron chi connectivity index (χ2n) is 5.16. The summed E-state index contributed by atoms with van der Waals surface area (Å²) in [6.07, 6.45) is 4.14. The summed E-state index contributed by atoms with van der Waals surface area (Å²) in [6, 6.07) is 7.75. The molecule has 0 amide bonds. The molecule has 2 aliphatic rings. The molecule has 1 aliphatic heterocycles. The van der Waals surface area contributed by atoms with Crippen LogP contribution >= 0.6 is 11.6 Å². The van der Waals surface area contributed by atoms with Gasteiger partial charge < -0.3 is 0 Å². The maximum absolute atomic E-state index is 12.0. The minimum atomic E-state index is -3.24. The molecule has 5 heteroatoms. The summed E-state index contributed by atoms with van der Waals surface area (Å²) >= 11 is 6.44. The van der Waals surface area contributed by atoms with Gasteiger partial charge in [-0.2, -0.15) is 0 Å². The number of fused-ring (bicyclic) bond motifs is 3. The number of nitrogens with zero attached hydrogens (tertiary/aromatic N) is 1. The van der Waals surface area contributed by atoms with E-state index in [0.717, 1.165) is 30.5 Å². The first-order chi connectivity index (χ1) is 8.50. The average Bonchev–Trinajstić information content (AvgIpc) is 2.63. The van der Waals surface area contributed by atoms with Crippen molar-refractivity contribution >= 4 is 27.3 Å². The van der Waals surface area contributed by atoms with Gasteiger partial charge in [0.25, 0.3) is 0 Å². The van der Waals surface area contributed by atoms with Crippen LogP contribution in [0.4, 0.5) is 5.69 Å². The Morgan fingerprint density at radius 3 is 2.72 bits per heavy atom. The van der Waals surface area contributed by atoms with Crippen molar-refractivity contribution in [2.24, 2.45) is 0 Å². The van der Waals surface area contributed by atoms with E-state index in [-0.39, 0.29) is 17.3 Å². The molecular formula is C13H16ClNO2S. The molecule has 1 aromatic carbocycles. The zero-order valence-corrected chi connectivity index (χ0v) is 11.8. The van der Waals surface area contributed by atoms with E-state index in [1.165, 1.54) is 6.26 Å². The van der Waals surface area contributed by atoms with E-state index in [0.29, 0.717) is 0 Å². The second-order valence-corrected chi connectivity index (χ2v) is 7.58. The Labute approximate surface area is 113 Å². The van der Waals surface area contributed by atoms with Crippen molar-refractivity contribution in [3.63, 3.8) is 0 Å². The number of halogens is 1. The molecule has 0 bridgehead atoms. The van der Waals surface area contributed by atoms with Crippen LogP contribution in [0.2, 0.25) is 0 Å². The van der Waals surface area contributed by atoms with Gasteiger partial charge in [-0.1, -0.05) is 18.2 Å². The maximum atomic E-state index is 12.0. The lowest BCUT2D eigenvalue weighted by atomic mass is 9.82. The molecule has 0 saturated heterocycles. The summed E-state index contributed by atoms with van der Waals surface area (Å²) in [6.45, 7) is 0. The van der Waals surface area contributed by atoms with E-state index in [9.17, 15) is 8.42 Å². The molecular weight excluding hydrogens is 270 g/mol. The van der Waals surface area contributed by atoms with Crippen molar-refractivity contribution < 1.29 is 8.42 Å². The number of anilines is 1. The van der Waals surface area contributed by atoms with E-state index in [1.807, 2.05) is 24.3 Å². The monoisotopic (exact) mass is 285 g/mol. The average molecular weight is 286 g/mol. The Balaban J connectivity index is 2.17. The van der Waals surface area contributed by atoms with Gasteiger partial charge in [0.15, 0.2) is 0 Å². The third-order valence-electron chi connectivity index (χ3n) is 3.98. The highest BCUT2D eigenvalue weighted by Gasteiger charge is 2.47. The maximum Gasteiger partial charge on any atom is 0.232 e. The molecule has 3 atom stereocenters. The van der Waals surface area contributed by atoms with Gasteiger partial charge in [-0.25, -0.2) is 8.42 Å². The van der Waals surface area contributed by atoms with Crippen LogP contribution in [0.3, 0.4) is 0 Å². The first-order valence-corrected chi connectivity index (χ1v) is 8.51. The van der Waals surface area contributed by atoms with Gasteiger partial charge in [-0.3, -0.25) is 4.31 Å². The highest BCUT2D eigenvalue weighted by atomic mass is 35.5. The second kappa shape index (κ2) is 4.14. The Bertz CT molecular complexity index is 572. The van der Waals surface area contributed by atoms with Gasteiger partial charge in [0.1, 0.15) is 0 Å². The van der Waals surface area contributed by atoms with Gasteiger partial charge >= 0.3 is 0 Å². The van der Waals surface area contributed by atoms with Crippen LogP contribution < -0.4 is 4.31 Å². The molecule has 18 heavy (non-hydrogen) atoms. The molecule has 1 saturated carbocycles. The van der Waals surface area contributed by atoms with Crippen LogP contribution in [-0.4, -0.2) is 26.1 Å². The molecule has 1 aromatic rings. The number of sulfonamides is 1. The van der Waals surface area contributed by atoms with E-state index in [1.54, 1.807) is 4.31 Å². The molecule has 3 nitrogen and oxygen atoms in total. The lowest BCUT2D eigenvalue weighted by Crippen LogP contribution is -2.42. The van der Waals surface area contributed by atoms with Crippen LogP contribution in [0.1, 0.15) is 30.7 Å². The van der Waals surface area contributed by atoms with Crippen LogP contribution in [0, 0.1) is 0 Å². The number of hydrogen-bond donors (Lipinski definition) is 0. The quantitative estimate of drug-likeness (QED) is 0.744. The Morgan fingerprint density at radius 1 is 1.28 bits per heavy atom. The zero-order valence-electron chi connectivity index (χ0n) is 10.2. The van der Waals surface area contributed by atoms with E-state index < -0.39 is 10.0 Å². The number of hydrogen-bond acceptors (Lipinski definition) is 2. The number of para-hydroxylation sites is 1. The minimum absolute atomic E-state index is 0.00801. The summed E-state index contributed by atoms with van der Waals surface area (Å²) in [7, 11) is -3.24.